The van der Waals surface area contributed by atoms with E-state index in [1.807, 2.05) is 0 Å². The third-order valence-electron chi connectivity index (χ3n) is 2.66. The first kappa shape index (κ1) is 6.62. The Hall–Kier alpha value is -0.0800. The molecule has 0 radical (unpaired) electrons. The predicted molar refractivity (Wildman–Crippen MR) is 38.2 cm³/mol. The van der Waals surface area contributed by atoms with E-state index in [-0.39, 0.29) is 0 Å². The zero-order chi connectivity index (χ0) is 6.97. The lowest BCUT2D eigenvalue weighted by atomic mass is 10.0. The molecule has 0 aromatic rings. The van der Waals surface area contributed by atoms with Crippen LogP contribution in [0, 0.1) is 7.05 Å². The van der Waals surface area contributed by atoms with E-state index >= 15 is 0 Å². The second-order valence-corrected chi connectivity index (χ2v) is 3.42. The van der Waals surface area contributed by atoms with Gasteiger partial charge < -0.3 is 10.1 Å². The van der Waals surface area contributed by atoms with E-state index in [1.165, 1.54) is 25.7 Å². The van der Waals surface area contributed by atoms with Gasteiger partial charge in [-0.15, -0.1) is 0 Å². The van der Waals surface area contributed by atoms with Crippen molar-refractivity contribution < 1.29 is 10.1 Å². The van der Waals surface area contributed by atoms with E-state index in [0.717, 1.165) is 6.04 Å². The molecule has 0 aromatic heterocycles. The summed E-state index contributed by atoms with van der Waals surface area (Å²) in [6.07, 6.45) is 6.16. The number of hydrogen-bond acceptors (Lipinski definition) is 1. The maximum Gasteiger partial charge on any atom is 0.0670 e. The summed E-state index contributed by atoms with van der Waals surface area (Å²) in [4.78, 5) is 0. The molecule has 2 aliphatic rings. The van der Waals surface area contributed by atoms with Crippen LogP contribution < -0.4 is 5.32 Å². The van der Waals surface area contributed by atoms with Crippen LogP contribution in [0.1, 0.15) is 25.7 Å². The molecule has 2 N–H and O–H groups in total. The van der Waals surface area contributed by atoms with Gasteiger partial charge in [0.25, 0.3) is 0 Å². The molecule has 58 valence electrons. The van der Waals surface area contributed by atoms with Crippen molar-refractivity contribution in [1.82, 2.24) is 0 Å². The predicted octanol–water partition coefficient (Wildman–Crippen LogP) is 0.0514. The molecule has 2 bridgehead atoms. The molecule has 2 heterocycles. The van der Waals surface area contributed by atoms with Gasteiger partial charge in [0.1, 0.15) is 0 Å². The number of rotatable bonds is 1. The van der Waals surface area contributed by atoms with Gasteiger partial charge in [-0.3, -0.25) is 0 Å². The highest BCUT2D eigenvalue weighted by atomic mass is 16.5. The Kier molecular flexibility index (Phi) is 1.66. The van der Waals surface area contributed by atoms with Gasteiger partial charge >= 0.3 is 0 Å². The van der Waals surface area contributed by atoms with Crippen LogP contribution in [0.4, 0.5) is 0 Å². The summed E-state index contributed by atoms with van der Waals surface area (Å²) in [6, 6.07) is 0.742. The quantitative estimate of drug-likeness (QED) is 0.513. The Bertz CT molecular complexity index is 114. The number of nitrogens with two attached hydrogens (primary N) is 1. The Balaban J connectivity index is 1.96. The first-order valence-corrected chi connectivity index (χ1v) is 4.16. The van der Waals surface area contributed by atoms with Crippen LogP contribution in [0.3, 0.4) is 0 Å². The molecule has 0 spiro atoms. The van der Waals surface area contributed by atoms with E-state index in [2.05, 4.69) is 12.4 Å². The minimum Gasteiger partial charge on any atom is -0.476 e. The van der Waals surface area contributed by atoms with Crippen molar-refractivity contribution in [1.29, 1.82) is 0 Å². The van der Waals surface area contributed by atoms with Crippen molar-refractivity contribution in [2.75, 3.05) is 0 Å². The summed E-state index contributed by atoms with van der Waals surface area (Å²) < 4.78 is 5.68. The number of ether oxygens (including phenoxy) is 1. The smallest absolute Gasteiger partial charge is 0.0670 e. The Morgan fingerprint density at radius 2 is 1.80 bits per heavy atom. The van der Waals surface area contributed by atoms with Gasteiger partial charge in [-0.25, -0.2) is 0 Å². The molecular formula is C8H15NO. The fourth-order valence-corrected chi connectivity index (χ4v) is 2.09. The minimum atomic E-state index is 0.571. The number of quaternary nitrogens is 1. The Labute approximate surface area is 61.9 Å². The fourth-order valence-electron chi connectivity index (χ4n) is 2.09. The first-order valence-electron chi connectivity index (χ1n) is 4.16. The Morgan fingerprint density at radius 1 is 1.20 bits per heavy atom. The van der Waals surface area contributed by atoms with E-state index < -0.39 is 0 Å². The van der Waals surface area contributed by atoms with Gasteiger partial charge in [-0.1, -0.05) is 0 Å². The second-order valence-electron chi connectivity index (χ2n) is 3.42. The van der Waals surface area contributed by atoms with Crippen LogP contribution in [-0.2, 0) is 4.74 Å². The van der Waals surface area contributed by atoms with Crippen LogP contribution in [0.5, 0.6) is 0 Å². The van der Waals surface area contributed by atoms with Crippen LogP contribution >= 0.6 is 0 Å². The lowest BCUT2D eigenvalue weighted by Crippen LogP contribution is -2.85. The average Bonchev–Trinajstić information content (AvgIpc) is 2.30. The van der Waals surface area contributed by atoms with Crippen molar-refractivity contribution in [3.63, 3.8) is 0 Å². The van der Waals surface area contributed by atoms with Gasteiger partial charge in [-0.05, 0) is 12.8 Å². The van der Waals surface area contributed by atoms with Crippen LogP contribution in [-0.4, -0.2) is 18.2 Å². The topological polar surface area (TPSA) is 25.8 Å². The molecule has 2 nitrogen and oxygen atoms in total. The summed E-state index contributed by atoms with van der Waals surface area (Å²) in [5.41, 5.74) is 0. The molecule has 2 unspecified atom stereocenters. The maximum absolute atomic E-state index is 5.68. The molecule has 0 aliphatic carbocycles. The second kappa shape index (κ2) is 2.51. The van der Waals surface area contributed by atoms with Crippen LogP contribution in [0.25, 0.3) is 0 Å². The average molecular weight is 141 g/mol. The monoisotopic (exact) mass is 141 g/mol. The van der Waals surface area contributed by atoms with Gasteiger partial charge in [0.2, 0.25) is 0 Å². The van der Waals surface area contributed by atoms with E-state index in [4.69, 9.17) is 4.74 Å². The van der Waals surface area contributed by atoms with Crippen LogP contribution in [0.15, 0.2) is 0 Å². The zero-order valence-electron chi connectivity index (χ0n) is 6.25. The van der Waals surface area contributed by atoms with Crippen molar-refractivity contribution in [2.45, 2.75) is 43.9 Å². The van der Waals surface area contributed by atoms with Crippen molar-refractivity contribution in [3.05, 3.63) is 7.05 Å². The van der Waals surface area contributed by atoms with Crippen LogP contribution in [0.2, 0.25) is 0 Å². The molecule has 2 saturated heterocycles. The van der Waals surface area contributed by atoms with Gasteiger partial charge in [0, 0.05) is 12.8 Å². The molecular weight excluding hydrogens is 126 g/mol. The van der Waals surface area contributed by atoms with E-state index in [1.54, 1.807) is 0 Å². The lowest BCUT2D eigenvalue weighted by Gasteiger charge is -2.27. The zero-order valence-corrected chi connectivity index (χ0v) is 6.25. The van der Waals surface area contributed by atoms with Gasteiger partial charge in [-0.2, -0.15) is 7.05 Å². The summed E-state index contributed by atoms with van der Waals surface area (Å²) in [6.45, 7) is 0. The molecule has 2 aliphatic heterocycles. The third kappa shape index (κ3) is 1.06. The van der Waals surface area contributed by atoms with Crippen molar-refractivity contribution in [2.24, 2.45) is 0 Å². The van der Waals surface area contributed by atoms with Gasteiger partial charge in [0.15, 0.2) is 0 Å². The summed E-state index contributed by atoms with van der Waals surface area (Å²) in [7, 11) is 3.83. The fraction of sp³-hybridized carbons (Fsp3) is 0.875. The largest absolute Gasteiger partial charge is 0.476 e. The normalized spacial score (nSPS) is 45.9. The molecule has 2 rings (SSSR count). The standard InChI is InChI=1S/C8H15NO/c1-9-6-4-7-2-3-8(5-6)10-7/h6-8H,1-5,9H2. The van der Waals surface area contributed by atoms with E-state index in [9.17, 15) is 0 Å². The maximum atomic E-state index is 5.68. The molecule has 10 heavy (non-hydrogen) atoms. The Morgan fingerprint density at radius 3 is 2.30 bits per heavy atom. The summed E-state index contributed by atoms with van der Waals surface area (Å²) in [5.74, 6) is 0. The highest BCUT2D eigenvalue weighted by molar-refractivity contribution is 4.83. The summed E-state index contributed by atoms with van der Waals surface area (Å²) in [5, 5.41) is 2.09. The number of fused-ring (bicyclic) bond motifs is 2. The highest BCUT2D eigenvalue weighted by Crippen LogP contribution is 2.30. The SMILES string of the molecule is [CH2-][NH2+]C1CC2CCC(C1)O2. The van der Waals surface area contributed by atoms with Crippen molar-refractivity contribution >= 4 is 0 Å². The third-order valence-corrected chi connectivity index (χ3v) is 2.66. The molecule has 2 atom stereocenters. The summed E-state index contributed by atoms with van der Waals surface area (Å²) >= 11 is 0. The highest BCUT2D eigenvalue weighted by Gasteiger charge is 2.35. The lowest BCUT2D eigenvalue weighted by molar-refractivity contribution is -0.640. The van der Waals surface area contributed by atoms with Gasteiger partial charge in [0.05, 0.1) is 18.2 Å². The molecule has 2 heteroatoms. The van der Waals surface area contributed by atoms with E-state index in [0.29, 0.717) is 12.2 Å². The minimum absolute atomic E-state index is 0.571. The molecule has 2 fully saturated rings. The first-order chi connectivity index (χ1) is 4.88. The molecule has 0 saturated carbocycles. The molecule has 0 amide bonds. The molecule has 0 aromatic carbocycles. The van der Waals surface area contributed by atoms with Crippen molar-refractivity contribution in [3.8, 4) is 0 Å². The number of hydrogen-bond donors (Lipinski definition) is 1.